The number of ether oxygens (including phenoxy) is 2. The van der Waals surface area contributed by atoms with Gasteiger partial charge in [0.15, 0.2) is 13.2 Å². The van der Waals surface area contributed by atoms with Crippen LogP contribution in [0.25, 0.3) is 0 Å². The Morgan fingerprint density at radius 2 is 2.00 bits per heavy atom. The smallest absolute Gasteiger partial charge is 0.344 e. The van der Waals surface area contributed by atoms with E-state index in [1.807, 2.05) is 25.1 Å². The predicted octanol–water partition coefficient (Wildman–Crippen LogP) is 3.82. The third kappa shape index (κ3) is 6.85. The minimum atomic E-state index is -0.685. The number of hydrogen-bond donors (Lipinski definition) is 1. The SMILES string of the molecule is Cc1ccc(Cl)c(OCC(=O)OCC(=O)Nc2ccccc2SCC#N)c1. The topological polar surface area (TPSA) is 88.4 Å². The average molecular weight is 405 g/mol. The lowest BCUT2D eigenvalue weighted by atomic mass is 10.2. The molecule has 8 heteroatoms. The summed E-state index contributed by atoms with van der Waals surface area (Å²) in [5.74, 6) is -0.529. The van der Waals surface area contributed by atoms with Crippen molar-refractivity contribution in [3.05, 3.63) is 53.1 Å². The average Bonchev–Trinajstić information content (AvgIpc) is 2.66. The number of nitrogens with zero attached hydrogens (tertiary/aromatic N) is 1. The third-order valence-electron chi connectivity index (χ3n) is 3.25. The molecule has 0 bridgehead atoms. The van der Waals surface area contributed by atoms with Crippen LogP contribution in [0, 0.1) is 18.3 Å². The highest BCUT2D eigenvalue weighted by atomic mass is 35.5. The molecule has 140 valence electrons. The van der Waals surface area contributed by atoms with Crippen LogP contribution in [0.15, 0.2) is 47.4 Å². The van der Waals surface area contributed by atoms with Gasteiger partial charge in [-0.25, -0.2) is 4.79 Å². The second-order valence-corrected chi connectivity index (χ2v) is 6.80. The largest absolute Gasteiger partial charge is 0.480 e. The van der Waals surface area contributed by atoms with Gasteiger partial charge in [-0.05, 0) is 36.8 Å². The van der Waals surface area contributed by atoms with Gasteiger partial charge in [0.1, 0.15) is 5.75 Å². The highest BCUT2D eigenvalue weighted by Crippen LogP contribution is 2.27. The number of anilines is 1. The Balaban J connectivity index is 1.81. The van der Waals surface area contributed by atoms with Crippen molar-refractivity contribution in [3.63, 3.8) is 0 Å². The lowest BCUT2D eigenvalue weighted by Gasteiger charge is -2.11. The summed E-state index contributed by atoms with van der Waals surface area (Å²) in [4.78, 5) is 24.5. The number of carbonyl (C=O) groups excluding carboxylic acids is 2. The van der Waals surface area contributed by atoms with E-state index in [2.05, 4.69) is 5.32 Å². The molecule has 0 saturated carbocycles. The zero-order valence-electron chi connectivity index (χ0n) is 14.5. The molecule has 0 fully saturated rings. The van der Waals surface area contributed by atoms with Gasteiger partial charge in [-0.15, -0.1) is 11.8 Å². The van der Waals surface area contributed by atoms with Gasteiger partial charge in [-0.3, -0.25) is 4.79 Å². The second-order valence-electron chi connectivity index (χ2n) is 5.37. The molecule has 0 aliphatic rings. The first-order chi connectivity index (χ1) is 13.0. The lowest BCUT2D eigenvalue weighted by Crippen LogP contribution is -2.24. The van der Waals surface area contributed by atoms with Crippen LogP contribution in [0.5, 0.6) is 5.75 Å². The van der Waals surface area contributed by atoms with Crippen LogP contribution >= 0.6 is 23.4 Å². The van der Waals surface area contributed by atoms with Crippen LogP contribution in [0.3, 0.4) is 0 Å². The number of benzene rings is 2. The fourth-order valence-corrected chi connectivity index (χ4v) is 2.88. The Morgan fingerprint density at radius 1 is 1.22 bits per heavy atom. The van der Waals surface area contributed by atoms with Crippen molar-refractivity contribution in [2.75, 3.05) is 24.3 Å². The first-order valence-corrected chi connectivity index (χ1v) is 9.29. The molecule has 0 atom stereocenters. The van der Waals surface area contributed by atoms with Crippen molar-refractivity contribution in [2.24, 2.45) is 0 Å². The van der Waals surface area contributed by atoms with Crippen LogP contribution in [0.2, 0.25) is 5.02 Å². The minimum absolute atomic E-state index is 0.265. The number of aryl methyl sites for hydroxylation is 1. The molecule has 27 heavy (non-hydrogen) atoms. The molecule has 0 unspecified atom stereocenters. The molecule has 0 radical (unpaired) electrons. The molecule has 2 aromatic rings. The maximum Gasteiger partial charge on any atom is 0.344 e. The van der Waals surface area contributed by atoms with Crippen molar-refractivity contribution >= 4 is 40.9 Å². The number of esters is 1. The lowest BCUT2D eigenvalue weighted by molar-refractivity contribution is -0.149. The van der Waals surface area contributed by atoms with Crippen LogP contribution in [0.4, 0.5) is 5.69 Å². The third-order valence-corrected chi connectivity index (χ3v) is 4.50. The number of hydrogen-bond acceptors (Lipinski definition) is 6. The fraction of sp³-hybridized carbons (Fsp3) is 0.211. The summed E-state index contributed by atoms with van der Waals surface area (Å²) < 4.78 is 10.2. The molecule has 1 N–H and O–H groups in total. The Labute approximate surface area is 166 Å². The number of nitrogens with one attached hydrogen (secondary N) is 1. The Bertz CT molecular complexity index is 867. The van der Waals surface area contributed by atoms with Crippen molar-refractivity contribution in [3.8, 4) is 11.8 Å². The summed E-state index contributed by atoms with van der Waals surface area (Å²) in [6.45, 7) is 1.07. The zero-order chi connectivity index (χ0) is 19.6. The summed E-state index contributed by atoms with van der Waals surface area (Å²) >= 11 is 7.29. The van der Waals surface area contributed by atoms with E-state index >= 15 is 0 Å². The minimum Gasteiger partial charge on any atom is -0.480 e. The number of nitriles is 1. The van der Waals surface area contributed by atoms with Crippen molar-refractivity contribution < 1.29 is 19.1 Å². The molecule has 0 spiro atoms. The molecule has 0 aliphatic heterocycles. The van der Waals surface area contributed by atoms with E-state index in [-0.39, 0.29) is 12.4 Å². The molecular formula is C19H17ClN2O4S. The molecular weight excluding hydrogens is 388 g/mol. The molecule has 0 aromatic heterocycles. The van der Waals surface area contributed by atoms with Crippen LogP contribution in [-0.4, -0.2) is 30.8 Å². The number of carbonyl (C=O) groups is 2. The summed E-state index contributed by atoms with van der Waals surface area (Å²) in [7, 11) is 0. The van der Waals surface area contributed by atoms with Gasteiger partial charge in [0.2, 0.25) is 0 Å². The second kappa shape index (κ2) is 10.5. The van der Waals surface area contributed by atoms with E-state index in [0.717, 1.165) is 10.5 Å². The van der Waals surface area contributed by atoms with Gasteiger partial charge in [0, 0.05) is 4.90 Å². The molecule has 6 nitrogen and oxygen atoms in total. The fourth-order valence-electron chi connectivity index (χ4n) is 2.04. The summed E-state index contributed by atoms with van der Waals surface area (Å²) in [5, 5.41) is 11.7. The van der Waals surface area contributed by atoms with Crippen molar-refractivity contribution in [1.29, 1.82) is 5.26 Å². The zero-order valence-corrected chi connectivity index (χ0v) is 16.1. The number of amides is 1. The quantitative estimate of drug-likeness (QED) is 0.531. The first-order valence-electron chi connectivity index (χ1n) is 7.93. The molecule has 2 aromatic carbocycles. The monoisotopic (exact) mass is 404 g/mol. The number of thioether (sulfide) groups is 1. The number of para-hydroxylation sites is 1. The van der Waals surface area contributed by atoms with Gasteiger partial charge in [-0.2, -0.15) is 5.26 Å². The molecule has 0 aliphatic carbocycles. The van der Waals surface area contributed by atoms with Gasteiger partial charge >= 0.3 is 5.97 Å². The van der Waals surface area contributed by atoms with E-state index in [1.165, 1.54) is 11.8 Å². The van der Waals surface area contributed by atoms with E-state index in [0.29, 0.717) is 16.5 Å². The van der Waals surface area contributed by atoms with Gasteiger partial charge < -0.3 is 14.8 Å². The van der Waals surface area contributed by atoms with E-state index in [4.69, 9.17) is 26.3 Å². The Morgan fingerprint density at radius 3 is 2.78 bits per heavy atom. The summed E-state index contributed by atoms with van der Waals surface area (Å²) in [5.41, 5.74) is 1.50. The Kier molecular flexibility index (Phi) is 7.99. The summed E-state index contributed by atoms with van der Waals surface area (Å²) in [6, 6.07) is 14.3. The van der Waals surface area contributed by atoms with Crippen LogP contribution in [-0.2, 0) is 14.3 Å². The van der Waals surface area contributed by atoms with Crippen LogP contribution < -0.4 is 10.1 Å². The van der Waals surface area contributed by atoms with E-state index in [1.54, 1.807) is 30.3 Å². The van der Waals surface area contributed by atoms with Gasteiger partial charge in [0.05, 0.1) is 22.5 Å². The van der Waals surface area contributed by atoms with E-state index in [9.17, 15) is 9.59 Å². The molecule has 0 saturated heterocycles. The highest BCUT2D eigenvalue weighted by Gasteiger charge is 2.12. The molecule has 1 amide bonds. The maximum absolute atomic E-state index is 12.0. The normalized spacial score (nSPS) is 9.96. The first kappa shape index (κ1) is 20.6. The Hall–Kier alpha value is -2.69. The summed E-state index contributed by atoms with van der Waals surface area (Å²) in [6.07, 6.45) is 0. The van der Waals surface area contributed by atoms with Crippen LogP contribution in [0.1, 0.15) is 5.56 Å². The molecule has 0 heterocycles. The van der Waals surface area contributed by atoms with Crippen molar-refractivity contribution in [1.82, 2.24) is 0 Å². The molecule has 2 rings (SSSR count). The van der Waals surface area contributed by atoms with Gasteiger partial charge in [-0.1, -0.05) is 29.8 Å². The number of halogens is 1. The maximum atomic E-state index is 12.0. The predicted molar refractivity (Wildman–Crippen MR) is 104 cm³/mol. The highest BCUT2D eigenvalue weighted by molar-refractivity contribution is 7.99. The number of rotatable bonds is 8. The standard InChI is InChI=1S/C19H17ClN2O4S/c1-13-6-7-14(20)16(10-13)25-12-19(24)26-11-18(23)22-15-4-2-3-5-17(15)27-9-8-21/h2-7,10H,9,11-12H2,1H3,(H,22,23). The van der Waals surface area contributed by atoms with Gasteiger partial charge in [0.25, 0.3) is 5.91 Å². The van der Waals surface area contributed by atoms with E-state index < -0.39 is 18.5 Å². The van der Waals surface area contributed by atoms with Crippen molar-refractivity contribution in [2.45, 2.75) is 11.8 Å².